The van der Waals surface area contributed by atoms with Gasteiger partial charge in [-0.1, -0.05) is 6.07 Å². The minimum absolute atomic E-state index is 0.0123. The van der Waals surface area contributed by atoms with Crippen molar-refractivity contribution in [3.63, 3.8) is 0 Å². The summed E-state index contributed by atoms with van der Waals surface area (Å²) in [5.41, 5.74) is -0.754. The van der Waals surface area contributed by atoms with Gasteiger partial charge in [-0.3, -0.25) is 23.3 Å². The number of carbonyl (C=O) groups excluding carboxylic acids is 1. The minimum atomic E-state index is -0.538. The van der Waals surface area contributed by atoms with E-state index in [1.165, 1.54) is 28.1 Å². The molecule has 0 saturated carbocycles. The number of hydrogen-bond donors (Lipinski definition) is 1. The zero-order chi connectivity index (χ0) is 18.1. The lowest BCUT2D eigenvalue weighted by Crippen LogP contribution is -2.38. The summed E-state index contributed by atoms with van der Waals surface area (Å²) in [4.78, 5) is 41.8. The molecule has 0 fully saturated rings. The predicted molar refractivity (Wildman–Crippen MR) is 96.3 cm³/mol. The van der Waals surface area contributed by atoms with E-state index in [1.54, 1.807) is 11.3 Å². The molecular formula is C15H16ClN5O3S. The molecule has 0 spiro atoms. The van der Waals surface area contributed by atoms with Gasteiger partial charge in [0.25, 0.3) is 5.56 Å². The summed E-state index contributed by atoms with van der Waals surface area (Å²) in [6.07, 6.45) is 0.734. The highest BCUT2D eigenvalue weighted by atomic mass is 35.5. The van der Waals surface area contributed by atoms with Gasteiger partial charge in [0.2, 0.25) is 11.2 Å². The molecule has 10 heteroatoms. The largest absolute Gasteiger partial charge is 0.354 e. The first kappa shape index (κ1) is 17.4. The lowest BCUT2D eigenvalue weighted by atomic mass is 10.3. The number of aryl methyl sites for hydroxylation is 1. The van der Waals surface area contributed by atoms with Gasteiger partial charge in [0.05, 0.1) is 0 Å². The summed E-state index contributed by atoms with van der Waals surface area (Å²) in [5.74, 6) is -0.284. The molecule has 3 aromatic rings. The van der Waals surface area contributed by atoms with Gasteiger partial charge in [-0.25, -0.2) is 4.79 Å². The molecule has 8 nitrogen and oxygen atoms in total. The van der Waals surface area contributed by atoms with Crippen molar-refractivity contribution in [2.75, 3.05) is 6.54 Å². The van der Waals surface area contributed by atoms with E-state index in [4.69, 9.17) is 11.6 Å². The predicted octanol–water partition coefficient (Wildman–Crippen LogP) is 0.507. The number of hydrogen-bond acceptors (Lipinski definition) is 5. The maximum absolute atomic E-state index is 12.4. The maximum atomic E-state index is 12.4. The first-order valence-corrected chi connectivity index (χ1v) is 8.76. The van der Waals surface area contributed by atoms with E-state index in [0.717, 1.165) is 11.0 Å². The average molecular weight is 382 g/mol. The number of thiophene rings is 1. The SMILES string of the molecule is Cn1c(=O)c2c(nc(Cl)n2CC(=O)NCCc2cccs2)n(C)c1=O. The normalized spacial score (nSPS) is 11.2. The number of nitrogens with zero attached hydrogens (tertiary/aromatic N) is 4. The number of fused-ring (bicyclic) bond motifs is 1. The second-order valence-corrected chi connectivity index (χ2v) is 6.89. The number of amides is 1. The molecule has 0 aliphatic rings. The molecule has 1 N–H and O–H groups in total. The number of halogens is 1. The second-order valence-electron chi connectivity index (χ2n) is 5.52. The first-order chi connectivity index (χ1) is 11.9. The van der Waals surface area contributed by atoms with E-state index < -0.39 is 11.2 Å². The first-order valence-electron chi connectivity index (χ1n) is 7.51. The van der Waals surface area contributed by atoms with Crippen molar-refractivity contribution >= 4 is 40.0 Å². The summed E-state index contributed by atoms with van der Waals surface area (Å²) in [7, 11) is 2.87. The summed E-state index contributed by atoms with van der Waals surface area (Å²) in [6, 6.07) is 3.96. The van der Waals surface area contributed by atoms with Crippen LogP contribution in [0.2, 0.25) is 5.28 Å². The molecule has 0 aliphatic carbocycles. The Labute approximate surface area is 151 Å². The van der Waals surface area contributed by atoms with Crippen LogP contribution in [-0.4, -0.2) is 31.1 Å². The van der Waals surface area contributed by atoms with Crippen LogP contribution in [0.15, 0.2) is 27.1 Å². The Morgan fingerprint density at radius 3 is 2.76 bits per heavy atom. The van der Waals surface area contributed by atoms with Gasteiger partial charge in [-0.2, -0.15) is 4.98 Å². The van der Waals surface area contributed by atoms with E-state index in [-0.39, 0.29) is 28.9 Å². The summed E-state index contributed by atoms with van der Waals surface area (Å²) in [6.45, 7) is 0.341. The van der Waals surface area contributed by atoms with Gasteiger partial charge in [-0.15, -0.1) is 11.3 Å². The Bertz CT molecular complexity index is 1050. The number of nitrogens with one attached hydrogen (secondary N) is 1. The fourth-order valence-electron chi connectivity index (χ4n) is 2.54. The number of aromatic nitrogens is 4. The van der Waals surface area contributed by atoms with Gasteiger partial charge in [-0.05, 0) is 29.5 Å². The van der Waals surface area contributed by atoms with Crippen LogP contribution in [0.4, 0.5) is 0 Å². The van der Waals surface area contributed by atoms with Crippen molar-refractivity contribution < 1.29 is 4.79 Å². The molecule has 3 rings (SSSR count). The highest BCUT2D eigenvalue weighted by molar-refractivity contribution is 7.09. The van der Waals surface area contributed by atoms with E-state index in [2.05, 4.69) is 10.3 Å². The lowest BCUT2D eigenvalue weighted by molar-refractivity contribution is -0.121. The van der Waals surface area contributed by atoms with Crippen molar-refractivity contribution in [2.45, 2.75) is 13.0 Å². The van der Waals surface area contributed by atoms with Crippen LogP contribution in [0.25, 0.3) is 11.2 Å². The van der Waals surface area contributed by atoms with Crippen LogP contribution in [0.5, 0.6) is 0 Å². The molecule has 25 heavy (non-hydrogen) atoms. The molecule has 0 aromatic carbocycles. The maximum Gasteiger partial charge on any atom is 0.332 e. The van der Waals surface area contributed by atoms with Crippen LogP contribution in [0.3, 0.4) is 0 Å². The molecule has 0 atom stereocenters. The Balaban J connectivity index is 1.84. The van der Waals surface area contributed by atoms with Gasteiger partial charge in [0.1, 0.15) is 6.54 Å². The Hall–Kier alpha value is -2.39. The molecular weight excluding hydrogens is 366 g/mol. The third-order valence-electron chi connectivity index (χ3n) is 3.88. The molecule has 132 valence electrons. The van der Waals surface area contributed by atoms with Gasteiger partial charge in [0, 0.05) is 25.5 Å². The Kier molecular flexibility index (Phi) is 4.78. The number of rotatable bonds is 5. The van der Waals surface area contributed by atoms with E-state index in [0.29, 0.717) is 6.54 Å². The highest BCUT2D eigenvalue weighted by Crippen LogP contribution is 2.15. The molecule has 0 bridgehead atoms. The molecule has 3 heterocycles. The Morgan fingerprint density at radius 2 is 2.08 bits per heavy atom. The van der Waals surface area contributed by atoms with E-state index in [1.807, 2.05) is 17.5 Å². The van der Waals surface area contributed by atoms with Crippen LogP contribution in [0, 0.1) is 0 Å². The van der Waals surface area contributed by atoms with Crippen LogP contribution >= 0.6 is 22.9 Å². The van der Waals surface area contributed by atoms with Gasteiger partial charge in [0.15, 0.2) is 11.2 Å². The minimum Gasteiger partial charge on any atom is -0.354 e. The summed E-state index contributed by atoms with van der Waals surface area (Å²) >= 11 is 7.71. The quantitative estimate of drug-likeness (QED) is 0.652. The lowest BCUT2D eigenvalue weighted by Gasteiger charge is -2.08. The van der Waals surface area contributed by atoms with Crippen molar-refractivity contribution in [1.82, 2.24) is 24.0 Å². The Morgan fingerprint density at radius 1 is 1.32 bits per heavy atom. The molecule has 0 saturated heterocycles. The molecule has 0 unspecified atom stereocenters. The van der Waals surface area contributed by atoms with Gasteiger partial charge < -0.3 is 5.32 Å². The van der Waals surface area contributed by atoms with Crippen molar-refractivity contribution in [1.29, 1.82) is 0 Å². The second kappa shape index (κ2) is 6.85. The molecule has 3 aromatic heterocycles. The standard InChI is InChI=1S/C15H16ClN5O3S/c1-19-12-11(13(23)20(2)15(19)24)21(14(16)18-12)8-10(22)17-6-5-9-4-3-7-25-9/h3-4,7H,5-6,8H2,1-2H3,(H,17,22). The third kappa shape index (κ3) is 3.24. The number of carbonyl (C=O) groups is 1. The topological polar surface area (TPSA) is 90.9 Å². The van der Waals surface area contributed by atoms with Crippen LogP contribution < -0.4 is 16.6 Å². The monoisotopic (exact) mass is 381 g/mol. The van der Waals surface area contributed by atoms with Crippen LogP contribution in [0.1, 0.15) is 4.88 Å². The van der Waals surface area contributed by atoms with Crippen molar-refractivity contribution in [2.24, 2.45) is 14.1 Å². The molecule has 0 aliphatic heterocycles. The van der Waals surface area contributed by atoms with Crippen molar-refractivity contribution in [3.8, 4) is 0 Å². The third-order valence-corrected chi connectivity index (χ3v) is 5.10. The van der Waals surface area contributed by atoms with Crippen molar-refractivity contribution in [3.05, 3.63) is 48.5 Å². The molecule has 1 amide bonds. The van der Waals surface area contributed by atoms with E-state index in [9.17, 15) is 14.4 Å². The smallest absolute Gasteiger partial charge is 0.332 e. The number of imidazole rings is 1. The zero-order valence-corrected chi connectivity index (χ0v) is 15.2. The van der Waals surface area contributed by atoms with Crippen LogP contribution in [-0.2, 0) is 31.9 Å². The fourth-order valence-corrected chi connectivity index (χ4v) is 3.48. The molecule has 0 radical (unpaired) electrons. The summed E-state index contributed by atoms with van der Waals surface area (Å²) in [5, 5.41) is 4.76. The zero-order valence-electron chi connectivity index (χ0n) is 13.7. The van der Waals surface area contributed by atoms with E-state index >= 15 is 0 Å². The fraction of sp³-hybridized carbons (Fsp3) is 0.333. The highest BCUT2D eigenvalue weighted by Gasteiger charge is 2.19. The average Bonchev–Trinajstić information content (AvgIpc) is 3.20. The van der Waals surface area contributed by atoms with Gasteiger partial charge >= 0.3 is 5.69 Å². The summed E-state index contributed by atoms with van der Waals surface area (Å²) < 4.78 is 3.51.